The first-order valence-corrected chi connectivity index (χ1v) is 11.2. The highest BCUT2D eigenvalue weighted by Crippen LogP contribution is 2.29. The highest BCUT2D eigenvalue weighted by molar-refractivity contribution is 7.99. The highest BCUT2D eigenvalue weighted by Gasteiger charge is 2.21. The maximum Gasteiger partial charge on any atom is 0.266 e. The van der Waals surface area contributed by atoms with Crippen LogP contribution in [0.1, 0.15) is 13.8 Å². The third-order valence-corrected chi connectivity index (χ3v) is 6.05. The fourth-order valence-electron chi connectivity index (χ4n) is 2.72. The minimum absolute atomic E-state index is 0.0153. The number of rotatable bonds is 8. The largest absolute Gasteiger partial charge is 0.324 e. The molecule has 2 aromatic carbocycles. The van der Waals surface area contributed by atoms with Crippen LogP contribution in [0.15, 0.2) is 82.4 Å². The standard InChI is InChI=1S/C25H25FN6OS/c1-25(2,32(3)4)14-17(15-27)22(33)29-18-9-8-10-19(13-18)30-24-28-16-21(26)23(31-24)34-20-11-6-5-7-12-20/h5-14,16H,1-4H3,(H,29,33)(H,28,30,31). The van der Waals surface area contributed by atoms with Crippen molar-refractivity contribution < 1.29 is 9.18 Å². The maximum atomic E-state index is 14.2. The van der Waals surface area contributed by atoms with Crippen molar-refractivity contribution >= 4 is 35.0 Å². The number of aromatic nitrogens is 2. The third kappa shape index (κ3) is 6.63. The summed E-state index contributed by atoms with van der Waals surface area (Å²) >= 11 is 1.20. The van der Waals surface area contributed by atoms with Crippen molar-refractivity contribution in [2.45, 2.75) is 29.3 Å². The van der Waals surface area contributed by atoms with Gasteiger partial charge < -0.3 is 15.5 Å². The molecule has 0 aliphatic heterocycles. The summed E-state index contributed by atoms with van der Waals surface area (Å²) in [4.78, 5) is 23.7. The second-order valence-electron chi connectivity index (χ2n) is 8.14. The van der Waals surface area contributed by atoms with E-state index >= 15 is 0 Å². The summed E-state index contributed by atoms with van der Waals surface area (Å²) in [6.45, 7) is 3.82. The van der Waals surface area contributed by atoms with Gasteiger partial charge in [0.25, 0.3) is 5.91 Å². The van der Waals surface area contributed by atoms with Crippen LogP contribution in [0.5, 0.6) is 0 Å². The van der Waals surface area contributed by atoms with Gasteiger partial charge in [0.05, 0.1) is 6.20 Å². The molecule has 7 nitrogen and oxygen atoms in total. The average molecular weight is 477 g/mol. The molecule has 3 aromatic rings. The molecule has 1 aromatic heterocycles. The first kappa shape index (κ1) is 24.9. The molecule has 0 bridgehead atoms. The molecular formula is C25H25FN6OS. The zero-order chi connectivity index (χ0) is 24.7. The molecule has 9 heteroatoms. The predicted octanol–water partition coefficient (Wildman–Crippen LogP) is 5.24. The van der Waals surface area contributed by atoms with Gasteiger partial charge in [-0.25, -0.2) is 14.4 Å². The van der Waals surface area contributed by atoms with Gasteiger partial charge in [0.15, 0.2) is 5.82 Å². The number of nitriles is 1. The summed E-state index contributed by atoms with van der Waals surface area (Å²) in [6.07, 6.45) is 2.74. The van der Waals surface area contributed by atoms with Gasteiger partial charge in [-0.05, 0) is 64.4 Å². The smallest absolute Gasteiger partial charge is 0.266 e. The molecule has 0 atom stereocenters. The van der Waals surface area contributed by atoms with E-state index in [9.17, 15) is 14.4 Å². The molecule has 0 saturated heterocycles. The van der Waals surface area contributed by atoms with Crippen LogP contribution < -0.4 is 10.6 Å². The zero-order valence-corrected chi connectivity index (χ0v) is 20.2. The van der Waals surface area contributed by atoms with Gasteiger partial charge in [0.2, 0.25) is 5.95 Å². The van der Waals surface area contributed by atoms with E-state index in [2.05, 4.69) is 20.6 Å². The number of hydrogen-bond donors (Lipinski definition) is 2. The number of benzene rings is 2. The summed E-state index contributed by atoms with van der Waals surface area (Å²) < 4.78 is 14.2. The molecule has 0 spiro atoms. The average Bonchev–Trinajstić information content (AvgIpc) is 2.80. The van der Waals surface area contributed by atoms with Crippen LogP contribution in [0.4, 0.5) is 21.7 Å². The van der Waals surface area contributed by atoms with E-state index < -0.39 is 17.3 Å². The molecule has 0 radical (unpaired) electrons. The fourth-order valence-corrected chi connectivity index (χ4v) is 3.52. The molecule has 0 saturated carbocycles. The van der Waals surface area contributed by atoms with E-state index in [1.165, 1.54) is 11.8 Å². The molecule has 0 fully saturated rings. The van der Waals surface area contributed by atoms with Crippen LogP contribution in [0.2, 0.25) is 0 Å². The maximum absolute atomic E-state index is 14.2. The van der Waals surface area contributed by atoms with Crippen LogP contribution in [0, 0.1) is 17.1 Å². The molecule has 34 heavy (non-hydrogen) atoms. The van der Waals surface area contributed by atoms with E-state index in [1.807, 2.05) is 69.2 Å². The van der Waals surface area contributed by atoms with Crippen LogP contribution in [-0.4, -0.2) is 40.4 Å². The lowest BCUT2D eigenvalue weighted by molar-refractivity contribution is -0.112. The Morgan fingerprint density at radius 3 is 2.53 bits per heavy atom. The lowest BCUT2D eigenvalue weighted by Crippen LogP contribution is -2.37. The summed E-state index contributed by atoms with van der Waals surface area (Å²) in [6, 6.07) is 18.2. The van der Waals surface area contributed by atoms with Crippen molar-refractivity contribution in [3.05, 3.63) is 78.3 Å². The molecule has 3 rings (SSSR count). The number of nitrogens with one attached hydrogen (secondary N) is 2. The zero-order valence-electron chi connectivity index (χ0n) is 19.3. The number of halogens is 1. The number of anilines is 3. The Labute approximate surface area is 202 Å². The van der Waals surface area contributed by atoms with E-state index in [4.69, 9.17) is 0 Å². The number of likely N-dealkylation sites (N-methyl/N-ethyl adjacent to an activating group) is 1. The Balaban J connectivity index is 1.75. The number of nitrogens with zero attached hydrogens (tertiary/aromatic N) is 4. The third-order valence-electron chi connectivity index (χ3n) is 5.06. The molecule has 0 aliphatic carbocycles. The van der Waals surface area contributed by atoms with Crippen LogP contribution in [0.3, 0.4) is 0 Å². The molecule has 1 heterocycles. The van der Waals surface area contributed by atoms with Crippen LogP contribution in [-0.2, 0) is 4.79 Å². The monoisotopic (exact) mass is 476 g/mol. The van der Waals surface area contributed by atoms with E-state index in [-0.39, 0.29) is 16.5 Å². The summed E-state index contributed by atoms with van der Waals surface area (Å²) in [7, 11) is 3.75. The van der Waals surface area contributed by atoms with Gasteiger partial charge in [-0.15, -0.1) is 0 Å². The lowest BCUT2D eigenvalue weighted by atomic mass is 10.00. The summed E-state index contributed by atoms with van der Waals surface area (Å²) in [5, 5.41) is 15.4. The van der Waals surface area contributed by atoms with Crippen molar-refractivity contribution in [2.24, 2.45) is 0 Å². The second-order valence-corrected chi connectivity index (χ2v) is 9.20. The minimum atomic E-state index is -0.517. The molecule has 174 valence electrons. The van der Waals surface area contributed by atoms with Gasteiger partial charge in [-0.1, -0.05) is 36.0 Å². The summed E-state index contributed by atoms with van der Waals surface area (Å²) in [5.74, 6) is -0.806. The summed E-state index contributed by atoms with van der Waals surface area (Å²) in [5.41, 5.74) is 0.624. The first-order chi connectivity index (χ1) is 16.2. The Bertz CT molecular complexity index is 1240. The van der Waals surface area contributed by atoms with Crippen molar-refractivity contribution in [1.82, 2.24) is 14.9 Å². The molecule has 0 aliphatic rings. The van der Waals surface area contributed by atoms with Gasteiger partial charge >= 0.3 is 0 Å². The van der Waals surface area contributed by atoms with E-state index in [0.29, 0.717) is 11.4 Å². The molecular weight excluding hydrogens is 451 g/mol. The van der Waals surface area contributed by atoms with E-state index in [1.54, 1.807) is 30.3 Å². The number of carbonyl (C=O) groups is 1. The van der Waals surface area contributed by atoms with E-state index in [0.717, 1.165) is 11.1 Å². The lowest BCUT2D eigenvalue weighted by Gasteiger charge is -2.29. The Morgan fingerprint density at radius 1 is 1.15 bits per heavy atom. The van der Waals surface area contributed by atoms with Gasteiger partial charge in [-0.3, -0.25) is 4.79 Å². The van der Waals surface area contributed by atoms with Crippen molar-refractivity contribution in [1.29, 1.82) is 5.26 Å². The SMILES string of the molecule is CN(C)C(C)(C)C=C(C#N)C(=O)Nc1cccc(Nc2ncc(F)c(Sc3ccccc3)n2)c1. The Kier molecular flexibility index (Phi) is 7.99. The topological polar surface area (TPSA) is 93.9 Å². The molecule has 2 N–H and O–H groups in total. The molecule has 1 amide bonds. The van der Waals surface area contributed by atoms with Crippen molar-refractivity contribution in [3.8, 4) is 6.07 Å². The van der Waals surface area contributed by atoms with Crippen molar-refractivity contribution in [2.75, 3.05) is 24.7 Å². The van der Waals surface area contributed by atoms with Crippen LogP contribution in [0.25, 0.3) is 0 Å². The normalized spacial score (nSPS) is 11.7. The van der Waals surface area contributed by atoms with Crippen molar-refractivity contribution in [3.63, 3.8) is 0 Å². The van der Waals surface area contributed by atoms with Crippen LogP contribution >= 0.6 is 11.8 Å². The first-order valence-electron chi connectivity index (χ1n) is 10.4. The molecule has 0 unspecified atom stereocenters. The number of hydrogen-bond acceptors (Lipinski definition) is 7. The minimum Gasteiger partial charge on any atom is -0.324 e. The highest BCUT2D eigenvalue weighted by atomic mass is 32.2. The van der Waals surface area contributed by atoms with Gasteiger partial charge in [0, 0.05) is 21.8 Å². The predicted molar refractivity (Wildman–Crippen MR) is 132 cm³/mol. The number of carbonyl (C=O) groups excluding carboxylic acids is 1. The Hall–Kier alpha value is -3.74. The van der Waals surface area contributed by atoms with Gasteiger partial charge in [-0.2, -0.15) is 5.26 Å². The fraction of sp³-hybridized carbons (Fsp3) is 0.200. The quantitative estimate of drug-likeness (QED) is 0.261. The number of amides is 1. The Morgan fingerprint density at radius 2 is 1.85 bits per heavy atom. The van der Waals surface area contributed by atoms with Gasteiger partial charge in [0.1, 0.15) is 16.7 Å². The second kappa shape index (κ2) is 10.9.